The average Bonchev–Trinajstić information content (AvgIpc) is 3.11. The Balaban J connectivity index is 1.60. The number of hydrogen-bond acceptors (Lipinski definition) is 3. The van der Waals surface area contributed by atoms with Gasteiger partial charge in [0.15, 0.2) is 0 Å². The van der Waals surface area contributed by atoms with Gasteiger partial charge in [-0.05, 0) is 48.9 Å². The van der Waals surface area contributed by atoms with E-state index in [1.165, 1.54) is 12.1 Å². The van der Waals surface area contributed by atoms with Crippen LogP contribution in [0.1, 0.15) is 11.3 Å². The average molecular weight is 370 g/mol. The van der Waals surface area contributed by atoms with Gasteiger partial charge in [-0.3, -0.25) is 0 Å². The predicted octanol–water partition coefficient (Wildman–Crippen LogP) is 2.13. The minimum absolute atomic E-state index is 0.108. The predicted molar refractivity (Wildman–Crippen MR) is 101 cm³/mol. The largest absolute Gasteiger partial charge is 0.348 e. The van der Waals surface area contributed by atoms with Crippen LogP contribution in [0.4, 0.5) is 0 Å². The fourth-order valence-electron chi connectivity index (χ4n) is 3.09. The van der Waals surface area contributed by atoms with Crippen molar-refractivity contribution in [3.05, 3.63) is 64.2 Å². The van der Waals surface area contributed by atoms with Crippen LogP contribution in [-0.4, -0.2) is 23.0 Å². The maximum Gasteiger partial charge on any atom is 0.323 e. The van der Waals surface area contributed by atoms with E-state index in [0.717, 1.165) is 22.2 Å². The van der Waals surface area contributed by atoms with Crippen LogP contribution in [0.25, 0.3) is 21.9 Å². The lowest BCUT2D eigenvalue weighted by molar-refractivity contribution is 0.581. The highest BCUT2D eigenvalue weighted by molar-refractivity contribution is 7.89. The summed E-state index contributed by atoms with van der Waals surface area (Å²) in [4.78, 5) is 16.6. The third-order valence-corrected chi connectivity index (χ3v) is 6.01. The van der Waals surface area contributed by atoms with E-state index in [4.69, 9.17) is 0 Å². The molecular weight excluding hydrogens is 352 g/mol. The molecule has 4 aromatic rings. The molecule has 2 heterocycles. The molecule has 0 aliphatic heterocycles. The third-order valence-electron chi connectivity index (χ3n) is 4.61. The second-order valence-electron chi connectivity index (χ2n) is 6.35. The molecule has 7 nitrogen and oxygen atoms in total. The van der Waals surface area contributed by atoms with Crippen LogP contribution in [0.2, 0.25) is 0 Å². The molecule has 2 aromatic carbocycles. The van der Waals surface area contributed by atoms with E-state index in [1.54, 1.807) is 6.07 Å². The summed E-state index contributed by atoms with van der Waals surface area (Å²) >= 11 is 0. The Labute approximate surface area is 149 Å². The zero-order valence-electron chi connectivity index (χ0n) is 14.3. The number of sulfonamides is 1. The van der Waals surface area contributed by atoms with Crippen LogP contribution < -0.4 is 10.4 Å². The first-order valence-electron chi connectivity index (χ1n) is 8.10. The highest BCUT2D eigenvalue weighted by Gasteiger charge is 2.15. The van der Waals surface area contributed by atoms with Crippen molar-refractivity contribution < 1.29 is 8.42 Å². The SMILES string of the molecule is Cc1cc2cc(CNS(=O)(=O)c3ccc4[nH]c(=O)[nH]c4c3)ccc2n1C. The Bertz CT molecular complexity index is 1300. The van der Waals surface area contributed by atoms with Gasteiger partial charge in [0.2, 0.25) is 10.0 Å². The van der Waals surface area contributed by atoms with Crippen molar-refractivity contribution in [3.8, 4) is 0 Å². The Morgan fingerprint density at radius 3 is 2.62 bits per heavy atom. The number of H-pyrrole nitrogens is 2. The topological polar surface area (TPSA) is 99.8 Å². The summed E-state index contributed by atoms with van der Waals surface area (Å²) in [5, 5.41) is 1.08. The molecule has 0 radical (unpaired) electrons. The number of nitrogens with zero attached hydrogens (tertiary/aromatic N) is 1. The van der Waals surface area contributed by atoms with Gasteiger partial charge >= 0.3 is 5.69 Å². The second-order valence-corrected chi connectivity index (χ2v) is 8.12. The van der Waals surface area contributed by atoms with Crippen molar-refractivity contribution in [2.75, 3.05) is 0 Å². The summed E-state index contributed by atoms with van der Waals surface area (Å²) < 4.78 is 29.8. The normalized spacial score (nSPS) is 12.2. The van der Waals surface area contributed by atoms with E-state index in [-0.39, 0.29) is 17.1 Å². The first kappa shape index (κ1) is 16.6. The number of fused-ring (bicyclic) bond motifs is 2. The first-order valence-corrected chi connectivity index (χ1v) is 9.58. The summed E-state index contributed by atoms with van der Waals surface area (Å²) in [5.41, 5.74) is 3.79. The van der Waals surface area contributed by atoms with Crippen LogP contribution in [0.15, 0.2) is 52.2 Å². The smallest absolute Gasteiger partial charge is 0.323 e. The third kappa shape index (κ3) is 2.83. The fraction of sp³-hybridized carbons (Fsp3) is 0.167. The number of aromatic amines is 2. The number of aryl methyl sites for hydroxylation is 2. The van der Waals surface area contributed by atoms with Crippen molar-refractivity contribution in [1.29, 1.82) is 0 Å². The van der Waals surface area contributed by atoms with Gasteiger partial charge in [-0.2, -0.15) is 0 Å². The summed E-state index contributed by atoms with van der Waals surface area (Å²) in [6.07, 6.45) is 0. The summed E-state index contributed by atoms with van der Waals surface area (Å²) in [5.74, 6) is 0. The van der Waals surface area contributed by atoms with Gasteiger partial charge in [-0.1, -0.05) is 6.07 Å². The molecule has 0 amide bonds. The molecule has 0 fully saturated rings. The highest BCUT2D eigenvalue weighted by atomic mass is 32.2. The second kappa shape index (κ2) is 5.86. The molecule has 2 aromatic heterocycles. The fourth-order valence-corrected chi connectivity index (χ4v) is 4.13. The Kier molecular flexibility index (Phi) is 3.74. The molecule has 0 saturated carbocycles. The lowest BCUT2D eigenvalue weighted by atomic mass is 10.1. The molecule has 0 spiro atoms. The molecule has 0 unspecified atom stereocenters. The molecular formula is C18H18N4O3S. The molecule has 0 bridgehead atoms. The lowest BCUT2D eigenvalue weighted by Crippen LogP contribution is -2.23. The highest BCUT2D eigenvalue weighted by Crippen LogP contribution is 2.20. The van der Waals surface area contributed by atoms with E-state index in [0.29, 0.717) is 11.0 Å². The minimum Gasteiger partial charge on any atom is -0.348 e. The van der Waals surface area contributed by atoms with Crippen molar-refractivity contribution in [2.45, 2.75) is 18.4 Å². The molecule has 0 atom stereocenters. The first-order chi connectivity index (χ1) is 12.3. The number of aromatic nitrogens is 3. The zero-order chi connectivity index (χ0) is 18.5. The van der Waals surface area contributed by atoms with E-state index < -0.39 is 10.0 Å². The van der Waals surface area contributed by atoms with Crippen molar-refractivity contribution in [1.82, 2.24) is 19.3 Å². The van der Waals surface area contributed by atoms with Crippen molar-refractivity contribution in [2.24, 2.45) is 7.05 Å². The molecule has 0 saturated heterocycles. The number of imidazole rings is 1. The van der Waals surface area contributed by atoms with E-state index in [2.05, 4.69) is 25.3 Å². The zero-order valence-corrected chi connectivity index (χ0v) is 15.1. The van der Waals surface area contributed by atoms with Gasteiger partial charge in [0.05, 0.1) is 15.9 Å². The molecule has 3 N–H and O–H groups in total. The van der Waals surface area contributed by atoms with Gasteiger partial charge < -0.3 is 14.5 Å². The van der Waals surface area contributed by atoms with Crippen LogP contribution in [0, 0.1) is 6.92 Å². The molecule has 0 aliphatic rings. The molecule has 26 heavy (non-hydrogen) atoms. The molecule has 134 valence electrons. The number of hydrogen-bond donors (Lipinski definition) is 3. The number of nitrogens with one attached hydrogen (secondary N) is 3. The van der Waals surface area contributed by atoms with Crippen LogP contribution >= 0.6 is 0 Å². The standard InChI is InChI=1S/C18H18N4O3S/c1-11-7-13-8-12(3-6-17(13)22(11)2)10-19-26(24,25)14-4-5-15-16(9-14)21-18(23)20-15/h3-9,19H,10H2,1-2H3,(H2,20,21,23). The summed E-state index contributed by atoms with van der Waals surface area (Å²) in [6.45, 7) is 2.22. The minimum atomic E-state index is -3.69. The van der Waals surface area contributed by atoms with Gasteiger partial charge in [0.25, 0.3) is 0 Å². The number of rotatable bonds is 4. The van der Waals surface area contributed by atoms with E-state index in [1.807, 2.05) is 32.2 Å². The van der Waals surface area contributed by atoms with Gasteiger partial charge in [0, 0.05) is 30.2 Å². The van der Waals surface area contributed by atoms with Crippen LogP contribution in [0.3, 0.4) is 0 Å². The lowest BCUT2D eigenvalue weighted by Gasteiger charge is -2.08. The van der Waals surface area contributed by atoms with Gasteiger partial charge in [0.1, 0.15) is 0 Å². The summed E-state index contributed by atoms with van der Waals surface area (Å²) in [6, 6.07) is 12.4. The van der Waals surface area contributed by atoms with Crippen molar-refractivity contribution in [3.63, 3.8) is 0 Å². The van der Waals surface area contributed by atoms with E-state index in [9.17, 15) is 13.2 Å². The van der Waals surface area contributed by atoms with Gasteiger partial charge in [-0.25, -0.2) is 17.9 Å². The Morgan fingerprint density at radius 2 is 1.81 bits per heavy atom. The maximum atomic E-state index is 12.6. The van der Waals surface area contributed by atoms with E-state index >= 15 is 0 Å². The van der Waals surface area contributed by atoms with Crippen LogP contribution in [0.5, 0.6) is 0 Å². The monoisotopic (exact) mass is 370 g/mol. The summed E-state index contributed by atoms with van der Waals surface area (Å²) in [7, 11) is -1.69. The Morgan fingerprint density at radius 1 is 1.04 bits per heavy atom. The Hall–Kier alpha value is -2.84. The van der Waals surface area contributed by atoms with Crippen molar-refractivity contribution >= 4 is 32.0 Å². The van der Waals surface area contributed by atoms with Gasteiger partial charge in [-0.15, -0.1) is 0 Å². The maximum absolute atomic E-state index is 12.6. The molecule has 4 rings (SSSR count). The quantitative estimate of drug-likeness (QED) is 0.513. The van der Waals surface area contributed by atoms with Crippen LogP contribution in [-0.2, 0) is 23.6 Å². The number of benzene rings is 2. The molecule has 8 heteroatoms. The molecule has 0 aliphatic carbocycles.